The summed E-state index contributed by atoms with van der Waals surface area (Å²) in [6, 6.07) is 15.9. The van der Waals surface area contributed by atoms with Crippen molar-refractivity contribution in [3.63, 3.8) is 0 Å². The standard InChI is InChI=1S/C29H38ClN3O3/c1-5-6-16-33(28(35)29(2,3)21-30)20-27(34)32(19-22-11-13-24(36-4)14-12-22)17-15-23-18-31-26-10-8-7-9-25(23)26/h7-14,18,31H,5-6,15-17,19-21H2,1-4H3. The van der Waals surface area contributed by atoms with Crippen LogP contribution in [0.2, 0.25) is 0 Å². The number of hydrogen-bond acceptors (Lipinski definition) is 3. The fourth-order valence-corrected chi connectivity index (χ4v) is 4.30. The van der Waals surface area contributed by atoms with Crippen molar-refractivity contribution in [1.82, 2.24) is 14.8 Å². The number of amides is 2. The molecule has 0 aliphatic heterocycles. The van der Waals surface area contributed by atoms with Crippen molar-refractivity contribution in [3.05, 3.63) is 65.9 Å². The summed E-state index contributed by atoms with van der Waals surface area (Å²) < 4.78 is 5.28. The van der Waals surface area contributed by atoms with Gasteiger partial charge in [0.1, 0.15) is 5.75 Å². The maximum Gasteiger partial charge on any atom is 0.242 e. The van der Waals surface area contributed by atoms with Crippen molar-refractivity contribution in [2.24, 2.45) is 5.41 Å². The molecule has 6 nitrogen and oxygen atoms in total. The highest BCUT2D eigenvalue weighted by molar-refractivity contribution is 6.19. The van der Waals surface area contributed by atoms with Crippen LogP contribution in [0.1, 0.15) is 44.7 Å². The number of hydrogen-bond donors (Lipinski definition) is 1. The molecule has 0 fully saturated rings. The number of rotatable bonds is 13. The lowest BCUT2D eigenvalue weighted by Crippen LogP contribution is -2.48. The van der Waals surface area contributed by atoms with Crippen molar-refractivity contribution < 1.29 is 14.3 Å². The van der Waals surface area contributed by atoms with Crippen molar-refractivity contribution in [1.29, 1.82) is 0 Å². The van der Waals surface area contributed by atoms with Crippen LogP contribution in [0.25, 0.3) is 10.9 Å². The molecule has 0 radical (unpaired) electrons. The number of para-hydroxylation sites is 1. The Bertz CT molecular complexity index is 1140. The summed E-state index contributed by atoms with van der Waals surface area (Å²) in [5, 5.41) is 1.16. The Morgan fingerprint density at radius 2 is 1.75 bits per heavy atom. The maximum absolute atomic E-state index is 13.7. The van der Waals surface area contributed by atoms with Crippen LogP contribution in [-0.4, -0.2) is 59.2 Å². The van der Waals surface area contributed by atoms with E-state index < -0.39 is 5.41 Å². The minimum atomic E-state index is -0.722. The zero-order chi connectivity index (χ0) is 26.1. The van der Waals surface area contributed by atoms with Crippen LogP contribution in [0.15, 0.2) is 54.7 Å². The molecule has 3 rings (SSSR count). The zero-order valence-corrected chi connectivity index (χ0v) is 22.6. The van der Waals surface area contributed by atoms with E-state index in [-0.39, 0.29) is 24.2 Å². The average molecular weight is 512 g/mol. The van der Waals surface area contributed by atoms with Gasteiger partial charge < -0.3 is 19.5 Å². The van der Waals surface area contributed by atoms with Crippen molar-refractivity contribution in [3.8, 4) is 5.75 Å². The number of nitrogens with zero attached hydrogens (tertiary/aromatic N) is 2. The fourth-order valence-electron chi connectivity index (χ4n) is 4.19. The lowest BCUT2D eigenvalue weighted by Gasteiger charge is -2.32. The predicted molar refractivity (Wildman–Crippen MR) is 146 cm³/mol. The smallest absolute Gasteiger partial charge is 0.242 e. The van der Waals surface area contributed by atoms with Crippen LogP contribution in [0.3, 0.4) is 0 Å². The number of alkyl halides is 1. The number of aromatic nitrogens is 1. The second kappa shape index (κ2) is 12.8. The number of benzene rings is 2. The van der Waals surface area contributed by atoms with E-state index in [1.807, 2.05) is 61.3 Å². The number of halogens is 1. The summed E-state index contributed by atoms with van der Waals surface area (Å²) in [4.78, 5) is 33.7. The number of carbonyl (C=O) groups excluding carboxylic acids is 2. The number of methoxy groups -OCH3 is 1. The highest BCUT2D eigenvalue weighted by Crippen LogP contribution is 2.22. The summed E-state index contributed by atoms with van der Waals surface area (Å²) in [5.74, 6) is 0.828. The molecule has 1 heterocycles. The Hall–Kier alpha value is -2.99. The van der Waals surface area contributed by atoms with Gasteiger partial charge >= 0.3 is 0 Å². The van der Waals surface area contributed by atoms with E-state index in [0.29, 0.717) is 26.1 Å². The lowest BCUT2D eigenvalue weighted by molar-refractivity contribution is -0.145. The highest BCUT2D eigenvalue weighted by atomic mass is 35.5. The molecular formula is C29H38ClN3O3. The molecule has 0 spiro atoms. The molecule has 0 atom stereocenters. The van der Waals surface area contributed by atoms with E-state index in [1.54, 1.807) is 12.0 Å². The first-order valence-corrected chi connectivity index (χ1v) is 13.1. The summed E-state index contributed by atoms with van der Waals surface area (Å²) in [6.45, 7) is 7.33. The first-order valence-electron chi connectivity index (χ1n) is 12.6. The van der Waals surface area contributed by atoms with Crippen LogP contribution in [0.4, 0.5) is 0 Å². The molecule has 194 valence electrons. The van der Waals surface area contributed by atoms with Gasteiger partial charge in [0.15, 0.2) is 0 Å². The Morgan fingerprint density at radius 1 is 1.03 bits per heavy atom. The molecular weight excluding hydrogens is 474 g/mol. The summed E-state index contributed by atoms with van der Waals surface area (Å²) >= 11 is 6.10. The third-order valence-electron chi connectivity index (χ3n) is 6.52. The molecule has 1 aromatic heterocycles. The van der Waals surface area contributed by atoms with Crippen molar-refractivity contribution in [2.45, 2.75) is 46.6 Å². The molecule has 0 aliphatic carbocycles. The molecule has 3 aromatic rings. The molecule has 0 bridgehead atoms. The van der Waals surface area contributed by atoms with Gasteiger partial charge in [-0.3, -0.25) is 9.59 Å². The number of carbonyl (C=O) groups is 2. The molecule has 1 N–H and O–H groups in total. The van der Waals surface area contributed by atoms with Crippen molar-refractivity contribution >= 4 is 34.3 Å². The molecule has 0 aliphatic rings. The number of aromatic amines is 1. The van der Waals surface area contributed by atoms with E-state index in [1.165, 1.54) is 5.56 Å². The Morgan fingerprint density at radius 3 is 2.42 bits per heavy atom. The summed E-state index contributed by atoms with van der Waals surface area (Å²) in [5.41, 5.74) is 2.54. The van der Waals surface area contributed by atoms with E-state index in [0.717, 1.165) is 35.1 Å². The van der Waals surface area contributed by atoms with Crippen LogP contribution >= 0.6 is 11.6 Å². The van der Waals surface area contributed by atoms with Gasteiger partial charge in [-0.2, -0.15) is 0 Å². The zero-order valence-electron chi connectivity index (χ0n) is 21.9. The second-order valence-electron chi connectivity index (χ2n) is 9.87. The van der Waals surface area contributed by atoms with Crippen LogP contribution in [0.5, 0.6) is 5.75 Å². The minimum absolute atomic E-state index is 0.0448. The monoisotopic (exact) mass is 511 g/mol. The van der Waals surface area contributed by atoms with Gasteiger partial charge in [-0.1, -0.05) is 43.7 Å². The van der Waals surface area contributed by atoms with Gasteiger partial charge in [0.05, 0.1) is 19.1 Å². The van der Waals surface area contributed by atoms with Crippen LogP contribution in [-0.2, 0) is 22.6 Å². The summed E-state index contributed by atoms with van der Waals surface area (Å²) in [7, 11) is 1.64. The highest BCUT2D eigenvalue weighted by Gasteiger charge is 2.32. The van der Waals surface area contributed by atoms with Crippen molar-refractivity contribution in [2.75, 3.05) is 32.6 Å². The normalized spacial score (nSPS) is 11.5. The quantitative estimate of drug-likeness (QED) is 0.302. The Labute approximate surface area is 219 Å². The predicted octanol–water partition coefficient (Wildman–Crippen LogP) is 5.64. The largest absolute Gasteiger partial charge is 0.497 e. The number of H-pyrrole nitrogens is 1. The second-order valence-corrected chi connectivity index (χ2v) is 10.1. The van der Waals surface area contributed by atoms with Crippen LogP contribution in [0, 0.1) is 5.41 Å². The third-order valence-corrected chi connectivity index (χ3v) is 7.19. The SMILES string of the molecule is CCCCN(CC(=O)N(CCc1c[nH]c2ccccc12)Cc1ccc(OC)cc1)C(=O)C(C)(C)CCl. The van der Waals surface area contributed by atoms with Gasteiger partial charge in [-0.25, -0.2) is 0 Å². The molecule has 0 saturated heterocycles. The van der Waals surface area contributed by atoms with E-state index in [2.05, 4.69) is 24.0 Å². The fraction of sp³-hybridized carbons (Fsp3) is 0.448. The molecule has 7 heteroatoms. The van der Waals surface area contributed by atoms with Gasteiger partial charge in [0, 0.05) is 42.6 Å². The Kier molecular flexibility index (Phi) is 9.82. The first kappa shape index (κ1) is 27.6. The number of ether oxygens (including phenoxy) is 1. The average Bonchev–Trinajstić information content (AvgIpc) is 3.31. The molecule has 0 unspecified atom stereocenters. The van der Waals surface area contributed by atoms with Gasteiger partial charge in [0.25, 0.3) is 0 Å². The number of fused-ring (bicyclic) bond motifs is 1. The molecule has 2 amide bonds. The molecule has 36 heavy (non-hydrogen) atoms. The van der Waals surface area contributed by atoms with E-state index in [4.69, 9.17) is 16.3 Å². The lowest BCUT2D eigenvalue weighted by atomic mass is 9.94. The van der Waals surface area contributed by atoms with Gasteiger partial charge in [-0.05, 0) is 56.0 Å². The van der Waals surface area contributed by atoms with E-state index >= 15 is 0 Å². The van der Waals surface area contributed by atoms with Crippen LogP contribution < -0.4 is 4.74 Å². The van der Waals surface area contributed by atoms with E-state index in [9.17, 15) is 9.59 Å². The van der Waals surface area contributed by atoms with Gasteiger partial charge in [-0.15, -0.1) is 11.6 Å². The number of unbranched alkanes of at least 4 members (excludes halogenated alkanes) is 1. The molecule has 2 aromatic carbocycles. The topological polar surface area (TPSA) is 65.6 Å². The summed E-state index contributed by atoms with van der Waals surface area (Å²) in [6.07, 6.45) is 4.50. The molecule has 0 saturated carbocycles. The Balaban J connectivity index is 1.81. The third kappa shape index (κ3) is 7.03. The maximum atomic E-state index is 13.7. The minimum Gasteiger partial charge on any atom is -0.497 e. The van der Waals surface area contributed by atoms with Gasteiger partial charge in [0.2, 0.25) is 11.8 Å². The first-order chi connectivity index (χ1) is 17.3. The number of nitrogens with one attached hydrogen (secondary N) is 1.